The largest absolute Gasteiger partial charge is 0.496 e. The summed E-state index contributed by atoms with van der Waals surface area (Å²) in [6, 6.07) is 15.1. The number of hydrogen-bond acceptors (Lipinski definition) is 4. The second-order valence-corrected chi connectivity index (χ2v) is 8.91. The predicted octanol–water partition coefficient (Wildman–Crippen LogP) is 4.75. The van der Waals surface area contributed by atoms with Crippen LogP contribution >= 0.6 is 0 Å². The van der Waals surface area contributed by atoms with Crippen molar-refractivity contribution in [2.24, 2.45) is 0 Å². The summed E-state index contributed by atoms with van der Waals surface area (Å²) in [6.07, 6.45) is -4.56. The first-order valence-electron chi connectivity index (χ1n) is 9.72. The number of methoxy groups -OCH3 is 1. The van der Waals surface area contributed by atoms with Crippen molar-refractivity contribution in [1.29, 1.82) is 0 Å². The van der Waals surface area contributed by atoms with Crippen molar-refractivity contribution in [3.63, 3.8) is 0 Å². The minimum Gasteiger partial charge on any atom is -0.496 e. The molecule has 0 bridgehead atoms. The van der Waals surface area contributed by atoms with Crippen LogP contribution in [0.3, 0.4) is 0 Å². The molecule has 3 aromatic rings. The van der Waals surface area contributed by atoms with Crippen LogP contribution in [-0.2, 0) is 22.7 Å². The van der Waals surface area contributed by atoms with Crippen LogP contribution in [0, 0.1) is 6.92 Å². The fourth-order valence-corrected chi connectivity index (χ4v) is 4.12. The molecule has 0 aliphatic heterocycles. The van der Waals surface area contributed by atoms with Crippen LogP contribution in [0.25, 0.3) is 0 Å². The van der Waals surface area contributed by atoms with E-state index in [0.29, 0.717) is 16.9 Å². The summed E-state index contributed by atoms with van der Waals surface area (Å²) in [7, 11) is -2.51. The Hall–Kier alpha value is -3.37. The van der Waals surface area contributed by atoms with Gasteiger partial charge in [-0.2, -0.15) is 13.2 Å². The third-order valence-electron chi connectivity index (χ3n) is 4.86. The number of nitrogens with one attached hydrogen (secondary N) is 2. The second-order valence-electron chi connectivity index (χ2n) is 7.15. The Balaban J connectivity index is 1.82. The van der Waals surface area contributed by atoms with Crippen molar-refractivity contribution < 1.29 is 31.1 Å². The molecule has 0 unspecified atom stereocenters. The lowest BCUT2D eigenvalue weighted by Crippen LogP contribution is -2.24. The maximum absolute atomic E-state index is 12.9. The van der Waals surface area contributed by atoms with Crippen LogP contribution in [0.2, 0.25) is 0 Å². The third-order valence-corrected chi connectivity index (χ3v) is 6.26. The molecule has 0 spiro atoms. The zero-order chi connectivity index (χ0) is 24.2. The molecule has 33 heavy (non-hydrogen) atoms. The second kappa shape index (κ2) is 9.63. The van der Waals surface area contributed by atoms with Gasteiger partial charge >= 0.3 is 6.18 Å². The van der Waals surface area contributed by atoms with Crippen molar-refractivity contribution in [3.8, 4) is 5.75 Å². The van der Waals surface area contributed by atoms with Gasteiger partial charge in [-0.3, -0.25) is 4.79 Å². The molecule has 3 aromatic carbocycles. The summed E-state index contributed by atoms with van der Waals surface area (Å²) in [6.45, 7) is 1.56. The van der Waals surface area contributed by atoms with Crippen molar-refractivity contribution in [1.82, 2.24) is 4.72 Å². The van der Waals surface area contributed by atoms with Crippen LogP contribution < -0.4 is 14.8 Å². The van der Waals surface area contributed by atoms with Crippen LogP contribution in [-0.4, -0.2) is 21.4 Å². The summed E-state index contributed by atoms with van der Waals surface area (Å²) >= 11 is 0. The van der Waals surface area contributed by atoms with E-state index in [0.717, 1.165) is 12.1 Å². The third kappa shape index (κ3) is 5.91. The number of halogens is 3. The maximum Gasteiger partial charge on any atom is 0.416 e. The molecule has 6 nitrogen and oxygen atoms in total. The van der Waals surface area contributed by atoms with Gasteiger partial charge in [0.1, 0.15) is 5.75 Å². The zero-order valence-electron chi connectivity index (χ0n) is 17.7. The van der Waals surface area contributed by atoms with E-state index in [1.807, 2.05) is 0 Å². The van der Waals surface area contributed by atoms with E-state index < -0.39 is 27.7 Å². The molecule has 0 fully saturated rings. The highest BCUT2D eigenvalue weighted by Gasteiger charge is 2.30. The van der Waals surface area contributed by atoms with Gasteiger partial charge in [-0.25, -0.2) is 13.1 Å². The molecule has 10 heteroatoms. The lowest BCUT2D eigenvalue weighted by Gasteiger charge is -2.13. The van der Waals surface area contributed by atoms with E-state index in [1.54, 1.807) is 31.2 Å². The minimum absolute atomic E-state index is 0.0209. The molecule has 1 amide bonds. The van der Waals surface area contributed by atoms with E-state index in [2.05, 4.69) is 10.0 Å². The summed E-state index contributed by atoms with van der Waals surface area (Å²) in [5.74, 6) is -0.209. The van der Waals surface area contributed by atoms with E-state index in [9.17, 15) is 26.4 Å². The molecule has 0 aliphatic rings. The van der Waals surface area contributed by atoms with Crippen molar-refractivity contribution >= 4 is 21.6 Å². The fraction of sp³-hybridized carbons (Fsp3) is 0.174. The maximum atomic E-state index is 12.9. The molecule has 0 saturated carbocycles. The summed E-state index contributed by atoms with van der Waals surface area (Å²) in [4.78, 5) is 12.6. The van der Waals surface area contributed by atoms with Crippen molar-refractivity contribution in [3.05, 3.63) is 89.0 Å². The molecular weight excluding hydrogens is 457 g/mol. The molecule has 0 heterocycles. The van der Waals surface area contributed by atoms with Crippen LogP contribution in [0.4, 0.5) is 18.9 Å². The standard InChI is InChI=1S/C23H21F3N2O4S/c1-15-10-11-19(33(30,31)27-14-16-6-3-4-9-21(16)32-2)13-20(15)22(29)28-18-8-5-7-17(12-18)23(24,25)26/h3-13,27H,14H2,1-2H3,(H,28,29). The SMILES string of the molecule is COc1ccccc1CNS(=O)(=O)c1ccc(C)c(C(=O)Nc2cccc(C(F)(F)F)c2)c1. The van der Waals surface area contributed by atoms with E-state index >= 15 is 0 Å². The van der Waals surface area contributed by atoms with E-state index in [4.69, 9.17) is 4.74 Å². The smallest absolute Gasteiger partial charge is 0.416 e. The van der Waals surface area contributed by atoms with Gasteiger partial charge in [0.25, 0.3) is 5.91 Å². The Morgan fingerprint density at radius 2 is 1.73 bits per heavy atom. The number of benzene rings is 3. The molecule has 3 rings (SSSR count). The lowest BCUT2D eigenvalue weighted by molar-refractivity contribution is -0.137. The number of anilines is 1. The molecule has 0 radical (unpaired) electrons. The summed E-state index contributed by atoms with van der Waals surface area (Å²) in [5.41, 5.74) is 0.139. The molecule has 0 saturated heterocycles. The van der Waals surface area contributed by atoms with Gasteiger partial charge in [-0.1, -0.05) is 30.3 Å². The molecule has 0 atom stereocenters. The quantitative estimate of drug-likeness (QED) is 0.513. The Morgan fingerprint density at radius 1 is 1.00 bits per heavy atom. The Bertz CT molecular complexity index is 1270. The molecule has 2 N–H and O–H groups in total. The number of ether oxygens (including phenoxy) is 1. The summed E-state index contributed by atoms with van der Waals surface area (Å²) in [5, 5.41) is 2.39. The highest BCUT2D eigenvalue weighted by atomic mass is 32.2. The first-order valence-corrected chi connectivity index (χ1v) is 11.2. The van der Waals surface area contributed by atoms with Crippen LogP contribution in [0.15, 0.2) is 71.6 Å². The number of rotatable bonds is 7. The average molecular weight is 478 g/mol. The van der Waals surface area contributed by atoms with Gasteiger partial charge in [0.15, 0.2) is 0 Å². The minimum atomic E-state index is -4.56. The van der Waals surface area contributed by atoms with E-state index in [-0.39, 0.29) is 22.7 Å². The number of carbonyl (C=O) groups is 1. The molecule has 174 valence electrons. The fourth-order valence-electron chi connectivity index (χ4n) is 3.09. The topological polar surface area (TPSA) is 84.5 Å². The first kappa shape index (κ1) is 24.3. The average Bonchev–Trinajstić information content (AvgIpc) is 2.77. The van der Waals surface area contributed by atoms with Gasteiger partial charge in [0.2, 0.25) is 10.0 Å². The normalized spacial score (nSPS) is 11.8. The van der Waals surface area contributed by atoms with Crippen LogP contribution in [0.5, 0.6) is 5.75 Å². The van der Waals surface area contributed by atoms with Gasteiger partial charge in [0.05, 0.1) is 17.6 Å². The summed E-state index contributed by atoms with van der Waals surface area (Å²) < 4.78 is 72.0. The Kier molecular flexibility index (Phi) is 7.09. The Morgan fingerprint density at radius 3 is 2.42 bits per heavy atom. The van der Waals surface area contributed by atoms with Gasteiger partial charge < -0.3 is 10.1 Å². The number of sulfonamides is 1. The highest BCUT2D eigenvalue weighted by molar-refractivity contribution is 7.89. The predicted molar refractivity (Wildman–Crippen MR) is 118 cm³/mol. The highest BCUT2D eigenvalue weighted by Crippen LogP contribution is 2.31. The monoisotopic (exact) mass is 478 g/mol. The lowest BCUT2D eigenvalue weighted by atomic mass is 10.1. The number of amides is 1. The number of alkyl halides is 3. The van der Waals surface area contributed by atoms with Crippen LogP contribution in [0.1, 0.15) is 27.0 Å². The Labute approximate surface area is 189 Å². The van der Waals surface area contributed by atoms with Gasteiger partial charge in [-0.15, -0.1) is 0 Å². The van der Waals surface area contributed by atoms with Crippen molar-refractivity contribution in [2.75, 3.05) is 12.4 Å². The number of carbonyl (C=O) groups excluding carboxylic acids is 1. The molecule has 0 aliphatic carbocycles. The number of hydrogen-bond donors (Lipinski definition) is 2. The number of para-hydroxylation sites is 1. The van der Waals surface area contributed by atoms with Crippen molar-refractivity contribution in [2.45, 2.75) is 24.5 Å². The number of aryl methyl sites for hydroxylation is 1. The molecular formula is C23H21F3N2O4S. The van der Waals surface area contributed by atoms with Gasteiger partial charge in [0, 0.05) is 23.4 Å². The molecule has 0 aromatic heterocycles. The van der Waals surface area contributed by atoms with Gasteiger partial charge in [-0.05, 0) is 48.9 Å². The zero-order valence-corrected chi connectivity index (χ0v) is 18.5. The first-order chi connectivity index (χ1) is 15.5. The van der Waals surface area contributed by atoms with E-state index in [1.165, 1.54) is 37.4 Å².